The first-order valence-electron chi connectivity index (χ1n) is 4.62. The van der Waals surface area contributed by atoms with Gasteiger partial charge in [0.15, 0.2) is 0 Å². The van der Waals surface area contributed by atoms with Crippen LogP contribution in [0.3, 0.4) is 0 Å². The summed E-state index contributed by atoms with van der Waals surface area (Å²) in [4.78, 5) is 8.54. The van der Waals surface area contributed by atoms with Gasteiger partial charge in [-0.3, -0.25) is 0 Å². The predicted octanol–water partition coefficient (Wildman–Crippen LogP) is 1.12. The molecule has 0 aliphatic carbocycles. The maximum absolute atomic E-state index is 5.37. The van der Waals surface area contributed by atoms with E-state index >= 15 is 0 Å². The Bertz CT molecular complexity index is 332. The number of rotatable bonds is 5. The van der Waals surface area contributed by atoms with Gasteiger partial charge in [0.1, 0.15) is 16.7 Å². The molecule has 84 valence electrons. The average molecular weight is 228 g/mol. The van der Waals surface area contributed by atoms with E-state index in [9.17, 15) is 0 Å². The number of hydrazine groups is 1. The minimum absolute atomic E-state index is 0.683. The fourth-order valence-corrected chi connectivity index (χ4v) is 2.06. The molecule has 0 atom stereocenters. The van der Waals surface area contributed by atoms with Gasteiger partial charge in [0, 0.05) is 18.4 Å². The van der Waals surface area contributed by atoms with Crippen LogP contribution in [-0.4, -0.2) is 29.4 Å². The van der Waals surface area contributed by atoms with Crippen molar-refractivity contribution in [1.82, 2.24) is 9.97 Å². The van der Waals surface area contributed by atoms with Crippen LogP contribution >= 0.6 is 11.8 Å². The molecular formula is C9H16N4OS. The van der Waals surface area contributed by atoms with Crippen LogP contribution in [0.1, 0.15) is 11.4 Å². The molecule has 0 fully saturated rings. The molecule has 3 N–H and O–H groups in total. The van der Waals surface area contributed by atoms with E-state index in [-0.39, 0.29) is 0 Å². The van der Waals surface area contributed by atoms with Crippen molar-refractivity contribution in [2.45, 2.75) is 18.9 Å². The number of anilines is 1. The van der Waals surface area contributed by atoms with Gasteiger partial charge in [0.25, 0.3) is 0 Å². The first-order chi connectivity index (χ1) is 7.19. The molecule has 6 heteroatoms. The van der Waals surface area contributed by atoms with Crippen LogP contribution in [0.15, 0.2) is 5.03 Å². The third-order valence-corrected chi connectivity index (χ3v) is 2.92. The Morgan fingerprint density at radius 3 is 2.73 bits per heavy atom. The molecule has 0 amide bonds. The molecule has 0 aliphatic heterocycles. The average Bonchev–Trinajstić information content (AvgIpc) is 2.23. The molecule has 1 rings (SSSR count). The maximum atomic E-state index is 5.37. The lowest BCUT2D eigenvalue weighted by atomic mass is 10.3. The molecule has 1 heterocycles. The third kappa shape index (κ3) is 3.33. The first kappa shape index (κ1) is 12.2. The van der Waals surface area contributed by atoms with Crippen molar-refractivity contribution < 1.29 is 4.74 Å². The summed E-state index contributed by atoms with van der Waals surface area (Å²) in [6.07, 6.45) is 0. The summed E-state index contributed by atoms with van der Waals surface area (Å²) in [7, 11) is 1.69. The van der Waals surface area contributed by atoms with Crippen LogP contribution in [0.25, 0.3) is 0 Å². The van der Waals surface area contributed by atoms with Crippen molar-refractivity contribution in [2.24, 2.45) is 5.84 Å². The van der Waals surface area contributed by atoms with Crippen LogP contribution in [0.2, 0.25) is 0 Å². The van der Waals surface area contributed by atoms with Gasteiger partial charge in [0.2, 0.25) is 0 Å². The zero-order valence-electron chi connectivity index (χ0n) is 9.20. The fourth-order valence-electron chi connectivity index (χ4n) is 1.11. The van der Waals surface area contributed by atoms with E-state index < -0.39 is 0 Å². The van der Waals surface area contributed by atoms with E-state index in [0.717, 1.165) is 16.3 Å². The van der Waals surface area contributed by atoms with Crippen molar-refractivity contribution in [2.75, 3.05) is 24.9 Å². The number of hydrogen-bond acceptors (Lipinski definition) is 6. The summed E-state index contributed by atoms with van der Waals surface area (Å²) >= 11 is 1.64. The standard InChI is InChI=1S/C9H16N4OS/c1-6-8(13-10)11-7(2)12-9(6)15-5-4-14-3/h4-5,10H2,1-3H3,(H,11,12,13). The molecule has 1 aromatic heterocycles. The summed E-state index contributed by atoms with van der Waals surface area (Å²) < 4.78 is 4.99. The summed E-state index contributed by atoms with van der Waals surface area (Å²) in [5.74, 6) is 7.64. The molecule has 15 heavy (non-hydrogen) atoms. The lowest BCUT2D eigenvalue weighted by molar-refractivity contribution is 0.218. The largest absolute Gasteiger partial charge is 0.384 e. The number of ether oxygens (including phenoxy) is 1. The van der Waals surface area contributed by atoms with E-state index in [1.807, 2.05) is 13.8 Å². The lowest BCUT2D eigenvalue weighted by Crippen LogP contribution is -2.12. The van der Waals surface area contributed by atoms with Gasteiger partial charge in [-0.05, 0) is 13.8 Å². The number of aryl methyl sites for hydroxylation is 1. The molecule has 0 bridgehead atoms. The van der Waals surface area contributed by atoms with Gasteiger partial charge in [-0.15, -0.1) is 11.8 Å². The Labute approximate surface area is 93.8 Å². The molecule has 0 aliphatic rings. The Morgan fingerprint density at radius 2 is 2.13 bits per heavy atom. The van der Waals surface area contributed by atoms with E-state index in [1.54, 1.807) is 18.9 Å². The predicted molar refractivity (Wildman–Crippen MR) is 61.9 cm³/mol. The van der Waals surface area contributed by atoms with Gasteiger partial charge in [-0.1, -0.05) is 0 Å². The van der Waals surface area contributed by atoms with E-state index in [0.29, 0.717) is 18.2 Å². The van der Waals surface area contributed by atoms with Crippen LogP contribution in [-0.2, 0) is 4.74 Å². The van der Waals surface area contributed by atoms with Crippen molar-refractivity contribution >= 4 is 17.6 Å². The monoisotopic (exact) mass is 228 g/mol. The summed E-state index contributed by atoms with van der Waals surface area (Å²) in [6.45, 7) is 4.50. The lowest BCUT2D eigenvalue weighted by Gasteiger charge is -2.09. The van der Waals surface area contributed by atoms with Crippen LogP contribution in [0, 0.1) is 13.8 Å². The minimum Gasteiger partial charge on any atom is -0.384 e. The second kappa shape index (κ2) is 5.89. The minimum atomic E-state index is 0.683. The molecule has 5 nitrogen and oxygen atoms in total. The molecule has 0 aromatic carbocycles. The smallest absolute Gasteiger partial charge is 0.147 e. The number of aromatic nitrogens is 2. The second-order valence-electron chi connectivity index (χ2n) is 3.04. The van der Waals surface area contributed by atoms with Gasteiger partial charge >= 0.3 is 0 Å². The Hall–Kier alpha value is -0.850. The summed E-state index contributed by atoms with van der Waals surface area (Å²) in [5, 5.41) is 0.951. The summed E-state index contributed by atoms with van der Waals surface area (Å²) in [5.41, 5.74) is 3.55. The highest BCUT2D eigenvalue weighted by atomic mass is 32.2. The number of methoxy groups -OCH3 is 1. The number of nitrogens with zero attached hydrogens (tertiary/aromatic N) is 2. The van der Waals surface area contributed by atoms with Crippen LogP contribution in [0.5, 0.6) is 0 Å². The molecule has 0 unspecified atom stereocenters. The highest BCUT2D eigenvalue weighted by molar-refractivity contribution is 7.99. The van der Waals surface area contributed by atoms with E-state index in [2.05, 4.69) is 15.4 Å². The van der Waals surface area contributed by atoms with E-state index in [1.165, 1.54) is 0 Å². The maximum Gasteiger partial charge on any atom is 0.147 e. The van der Waals surface area contributed by atoms with Gasteiger partial charge < -0.3 is 10.2 Å². The second-order valence-corrected chi connectivity index (χ2v) is 4.12. The van der Waals surface area contributed by atoms with Gasteiger partial charge in [-0.25, -0.2) is 15.8 Å². The first-order valence-corrected chi connectivity index (χ1v) is 5.61. The van der Waals surface area contributed by atoms with Crippen molar-refractivity contribution in [3.05, 3.63) is 11.4 Å². The molecular weight excluding hydrogens is 212 g/mol. The van der Waals surface area contributed by atoms with Crippen LogP contribution < -0.4 is 11.3 Å². The third-order valence-electron chi connectivity index (χ3n) is 1.88. The molecule has 0 spiro atoms. The SMILES string of the molecule is COCCSc1nc(C)nc(NN)c1C. The number of nitrogen functional groups attached to an aromatic ring is 1. The zero-order valence-corrected chi connectivity index (χ0v) is 10.0. The van der Waals surface area contributed by atoms with Gasteiger partial charge in [0.05, 0.1) is 6.61 Å². The molecule has 0 saturated carbocycles. The highest BCUT2D eigenvalue weighted by Crippen LogP contribution is 2.24. The fraction of sp³-hybridized carbons (Fsp3) is 0.556. The molecule has 0 saturated heterocycles. The Kier molecular flexibility index (Phi) is 4.80. The number of nitrogens with two attached hydrogens (primary N) is 1. The van der Waals surface area contributed by atoms with Gasteiger partial charge in [-0.2, -0.15) is 0 Å². The zero-order chi connectivity index (χ0) is 11.3. The van der Waals surface area contributed by atoms with Crippen molar-refractivity contribution in [1.29, 1.82) is 0 Å². The number of nitrogens with one attached hydrogen (secondary N) is 1. The Morgan fingerprint density at radius 1 is 1.40 bits per heavy atom. The topological polar surface area (TPSA) is 73.1 Å². The molecule has 0 radical (unpaired) electrons. The summed E-state index contributed by atoms with van der Waals surface area (Å²) in [6, 6.07) is 0. The Balaban J connectivity index is 2.81. The quantitative estimate of drug-likeness (QED) is 0.259. The normalized spacial score (nSPS) is 10.4. The highest BCUT2D eigenvalue weighted by Gasteiger charge is 2.08. The number of thioether (sulfide) groups is 1. The van der Waals surface area contributed by atoms with Crippen molar-refractivity contribution in [3.63, 3.8) is 0 Å². The van der Waals surface area contributed by atoms with E-state index in [4.69, 9.17) is 10.6 Å². The number of hydrogen-bond donors (Lipinski definition) is 2. The van der Waals surface area contributed by atoms with Crippen LogP contribution in [0.4, 0.5) is 5.82 Å². The van der Waals surface area contributed by atoms with Crippen molar-refractivity contribution in [3.8, 4) is 0 Å². The molecule has 1 aromatic rings.